The molecule has 2 aliphatic heterocycles. The molecular formula is C27H38N4O6. The van der Waals surface area contributed by atoms with Crippen LogP contribution in [-0.4, -0.2) is 77.7 Å². The summed E-state index contributed by atoms with van der Waals surface area (Å²) in [7, 11) is 0. The molecule has 0 aliphatic carbocycles. The molecule has 0 radical (unpaired) electrons. The van der Waals surface area contributed by atoms with Crippen molar-refractivity contribution in [2.45, 2.75) is 77.1 Å². The van der Waals surface area contributed by atoms with Crippen LogP contribution in [0.4, 0.5) is 0 Å². The molecule has 3 rings (SSSR count). The summed E-state index contributed by atoms with van der Waals surface area (Å²) in [5.74, 6) is -1.60. The first-order chi connectivity index (χ1) is 17.5. The lowest BCUT2D eigenvalue weighted by atomic mass is 9.93. The highest BCUT2D eigenvalue weighted by molar-refractivity contribution is 5.98. The maximum absolute atomic E-state index is 13.5. The summed E-state index contributed by atoms with van der Waals surface area (Å²) in [6.07, 6.45) is 1.77. The molecule has 1 unspecified atom stereocenters. The number of nitrogens with one attached hydrogen (secondary N) is 3. The van der Waals surface area contributed by atoms with Crippen molar-refractivity contribution >= 4 is 29.4 Å². The Morgan fingerprint density at radius 2 is 1.76 bits per heavy atom. The number of epoxide rings is 1. The molecule has 2 fully saturated rings. The number of amides is 4. The molecule has 0 saturated carbocycles. The molecule has 4 atom stereocenters. The Labute approximate surface area is 217 Å². The van der Waals surface area contributed by atoms with E-state index in [1.54, 1.807) is 6.92 Å². The SMILES string of the molecule is CC(=O)NCC(=O)N1CCC[C@H]1C(=O)N[C@@H](Cc1ccccc1)C(=O)NC(CC(C)C)C(=O)[C@@]1(C)CO1. The van der Waals surface area contributed by atoms with E-state index in [0.29, 0.717) is 32.4 Å². The smallest absolute Gasteiger partial charge is 0.243 e. The van der Waals surface area contributed by atoms with E-state index in [4.69, 9.17) is 4.74 Å². The number of ketones is 1. The second-order valence-corrected chi connectivity index (χ2v) is 10.5. The summed E-state index contributed by atoms with van der Waals surface area (Å²) in [5, 5.41) is 8.17. The number of Topliss-reactive ketones (excluding diaryl/α,β-unsaturated/α-hetero) is 1. The number of nitrogens with zero attached hydrogens (tertiary/aromatic N) is 1. The van der Waals surface area contributed by atoms with Crippen LogP contribution < -0.4 is 16.0 Å². The van der Waals surface area contributed by atoms with Crippen molar-refractivity contribution in [1.82, 2.24) is 20.9 Å². The van der Waals surface area contributed by atoms with Crippen LogP contribution in [0.1, 0.15) is 52.5 Å². The third-order valence-electron chi connectivity index (χ3n) is 6.72. The van der Waals surface area contributed by atoms with Gasteiger partial charge in [-0.1, -0.05) is 44.2 Å². The van der Waals surface area contributed by atoms with Crippen LogP contribution in [0.3, 0.4) is 0 Å². The number of hydrogen-bond acceptors (Lipinski definition) is 6. The Morgan fingerprint density at radius 1 is 1.08 bits per heavy atom. The molecule has 1 aromatic carbocycles. The Kier molecular flexibility index (Phi) is 9.42. The number of rotatable bonds is 12. The van der Waals surface area contributed by atoms with Gasteiger partial charge in [-0.2, -0.15) is 0 Å². The fraction of sp³-hybridized carbons (Fsp3) is 0.593. The number of ether oxygens (including phenoxy) is 1. The summed E-state index contributed by atoms with van der Waals surface area (Å²) >= 11 is 0. The summed E-state index contributed by atoms with van der Waals surface area (Å²) in [5.41, 5.74) is -0.0407. The van der Waals surface area contributed by atoms with Crippen LogP contribution in [0.25, 0.3) is 0 Å². The van der Waals surface area contributed by atoms with Gasteiger partial charge in [0.05, 0.1) is 19.2 Å². The summed E-state index contributed by atoms with van der Waals surface area (Å²) < 4.78 is 5.32. The molecule has 0 bridgehead atoms. The zero-order valence-corrected chi connectivity index (χ0v) is 22.0. The predicted molar refractivity (Wildman–Crippen MR) is 136 cm³/mol. The van der Waals surface area contributed by atoms with Crippen molar-refractivity contribution in [2.75, 3.05) is 19.7 Å². The monoisotopic (exact) mass is 514 g/mol. The quantitative estimate of drug-likeness (QED) is 0.352. The van der Waals surface area contributed by atoms with Crippen molar-refractivity contribution in [2.24, 2.45) is 5.92 Å². The Balaban J connectivity index is 1.75. The van der Waals surface area contributed by atoms with Crippen molar-refractivity contribution < 1.29 is 28.7 Å². The first-order valence-corrected chi connectivity index (χ1v) is 12.9. The van der Waals surface area contributed by atoms with Crippen LogP contribution in [-0.2, 0) is 35.1 Å². The molecule has 3 N–H and O–H groups in total. The van der Waals surface area contributed by atoms with Gasteiger partial charge < -0.3 is 25.6 Å². The van der Waals surface area contributed by atoms with E-state index in [0.717, 1.165) is 5.56 Å². The van der Waals surface area contributed by atoms with Gasteiger partial charge in [0.1, 0.15) is 17.7 Å². The van der Waals surface area contributed by atoms with Crippen molar-refractivity contribution in [3.8, 4) is 0 Å². The van der Waals surface area contributed by atoms with Crippen molar-refractivity contribution in [1.29, 1.82) is 0 Å². The number of carbonyl (C=O) groups excluding carboxylic acids is 5. The average molecular weight is 515 g/mol. The number of carbonyl (C=O) groups is 5. The van der Waals surface area contributed by atoms with E-state index in [2.05, 4.69) is 16.0 Å². The normalized spacial score (nSPS) is 22.2. The zero-order valence-electron chi connectivity index (χ0n) is 22.0. The van der Waals surface area contributed by atoms with Crippen LogP contribution in [0.15, 0.2) is 30.3 Å². The summed E-state index contributed by atoms with van der Waals surface area (Å²) in [4.78, 5) is 65.1. The largest absolute Gasteiger partial charge is 0.361 e. The van der Waals surface area contributed by atoms with Crippen LogP contribution >= 0.6 is 0 Å². The van der Waals surface area contributed by atoms with E-state index in [1.165, 1.54) is 11.8 Å². The minimum Gasteiger partial charge on any atom is -0.361 e. The number of benzene rings is 1. The van der Waals surface area contributed by atoms with Crippen LogP contribution in [0.2, 0.25) is 0 Å². The van der Waals surface area contributed by atoms with E-state index in [9.17, 15) is 24.0 Å². The first kappa shape index (κ1) is 28.3. The third kappa shape index (κ3) is 7.85. The molecular weight excluding hydrogens is 476 g/mol. The lowest BCUT2D eigenvalue weighted by molar-refractivity contribution is -0.139. The minimum absolute atomic E-state index is 0.153. The highest BCUT2D eigenvalue weighted by atomic mass is 16.6. The van der Waals surface area contributed by atoms with Gasteiger partial charge in [0.25, 0.3) is 0 Å². The number of likely N-dealkylation sites (tertiary alicyclic amines) is 1. The Morgan fingerprint density at radius 3 is 2.35 bits per heavy atom. The topological polar surface area (TPSA) is 137 Å². The Bertz CT molecular complexity index is 1010. The van der Waals surface area contributed by atoms with Gasteiger partial charge in [-0.05, 0) is 37.7 Å². The molecule has 10 heteroatoms. The van der Waals surface area contributed by atoms with Gasteiger partial charge >= 0.3 is 0 Å². The average Bonchev–Trinajstić information content (AvgIpc) is 3.40. The molecule has 10 nitrogen and oxygen atoms in total. The summed E-state index contributed by atoms with van der Waals surface area (Å²) in [6, 6.07) is 6.86. The third-order valence-corrected chi connectivity index (χ3v) is 6.72. The fourth-order valence-electron chi connectivity index (χ4n) is 4.56. The summed E-state index contributed by atoms with van der Waals surface area (Å²) in [6.45, 7) is 7.51. The van der Waals surface area contributed by atoms with Gasteiger partial charge in [0.15, 0.2) is 5.78 Å². The fourth-order valence-corrected chi connectivity index (χ4v) is 4.56. The number of hydrogen-bond donors (Lipinski definition) is 3. The molecule has 1 aromatic rings. The van der Waals surface area contributed by atoms with Crippen LogP contribution in [0.5, 0.6) is 0 Å². The van der Waals surface area contributed by atoms with E-state index in [1.807, 2.05) is 44.2 Å². The minimum atomic E-state index is -0.946. The van der Waals surface area contributed by atoms with Gasteiger partial charge in [-0.25, -0.2) is 0 Å². The van der Waals surface area contributed by atoms with Gasteiger partial charge in [0, 0.05) is 19.9 Å². The standard InChI is InChI=1S/C27H38N4O6/c1-17(2)13-20(24(34)27(4)16-37-27)29-25(35)21(14-19-9-6-5-7-10-19)30-26(36)22-11-8-12-31(22)23(33)15-28-18(3)32/h5-7,9-10,17,20-22H,8,11-16H2,1-4H3,(H,28,32)(H,29,35)(H,30,36)/t20?,21-,22-,27+/m0/s1. The van der Waals surface area contributed by atoms with Crippen molar-refractivity contribution in [3.63, 3.8) is 0 Å². The Hall–Kier alpha value is -3.27. The van der Waals surface area contributed by atoms with E-state index < -0.39 is 35.5 Å². The van der Waals surface area contributed by atoms with Crippen LogP contribution in [0, 0.1) is 5.92 Å². The lowest BCUT2D eigenvalue weighted by Gasteiger charge is -2.28. The molecule has 37 heavy (non-hydrogen) atoms. The second-order valence-electron chi connectivity index (χ2n) is 10.5. The molecule has 2 saturated heterocycles. The molecule has 0 spiro atoms. The maximum atomic E-state index is 13.5. The zero-order chi connectivity index (χ0) is 27.2. The molecule has 0 aromatic heterocycles. The predicted octanol–water partition coefficient (Wildman–Crippen LogP) is 0.730. The molecule has 4 amide bonds. The molecule has 2 aliphatic rings. The lowest BCUT2D eigenvalue weighted by Crippen LogP contribution is -2.57. The van der Waals surface area contributed by atoms with Gasteiger partial charge in [-0.15, -0.1) is 0 Å². The van der Waals surface area contributed by atoms with Gasteiger partial charge in [0.2, 0.25) is 23.6 Å². The highest BCUT2D eigenvalue weighted by Gasteiger charge is 2.50. The maximum Gasteiger partial charge on any atom is 0.243 e. The molecule has 202 valence electrons. The van der Waals surface area contributed by atoms with Gasteiger partial charge in [-0.3, -0.25) is 24.0 Å². The highest BCUT2D eigenvalue weighted by Crippen LogP contribution is 2.29. The van der Waals surface area contributed by atoms with E-state index >= 15 is 0 Å². The first-order valence-electron chi connectivity index (χ1n) is 12.9. The second kappa shape index (κ2) is 12.3. The molecule has 2 heterocycles. The van der Waals surface area contributed by atoms with Crippen molar-refractivity contribution in [3.05, 3.63) is 35.9 Å². The van der Waals surface area contributed by atoms with E-state index in [-0.39, 0.29) is 36.5 Å².